The summed E-state index contributed by atoms with van der Waals surface area (Å²) in [4.78, 5) is 27.4. The van der Waals surface area contributed by atoms with Gasteiger partial charge in [-0.15, -0.1) is 0 Å². The fraction of sp³-hybridized carbons (Fsp3) is 0.333. The summed E-state index contributed by atoms with van der Waals surface area (Å²) in [6.45, 7) is 3.38. The van der Waals surface area contributed by atoms with Gasteiger partial charge in [0.1, 0.15) is 0 Å². The van der Waals surface area contributed by atoms with Gasteiger partial charge in [-0.25, -0.2) is 0 Å². The quantitative estimate of drug-likeness (QED) is 0.682. The molecule has 1 heterocycles. The fourth-order valence-corrected chi connectivity index (χ4v) is 3.64. The maximum absolute atomic E-state index is 12.9. The van der Waals surface area contributed by atoms with Crippen molar-refractivity contribution in [3.63, 3.8) is 0 Å². The predicted molar refractivity (Wildman–Crippen MR) is 120 cm³/mol. The number of likely N-dealkylation sites (tertiary alicyclic amines) is 1. The summed E-state index contributed by atoms with van der Waals surface area (Å²) in [5, 5.41) is 2.87. The Labute approximate surface area is 182 Å². The van der Waals surface area contributed by atoms with Gasteiger partial charge >= 0.3 is 0 Å². The normalized spacial score (nSPS) is 13.4. The summed E-state index contributed by atoms with van der Waals surface area (Å²) >= 11 is 0. The zero-order valence-corrected chi connectivity index (χ0v) is 18.4. The second-order valence-electron chi connectivity index (χ2n) is 7.28. The van der Waals surface area contributed by atoms with Gasteiger partial charge in [0.05, 0.1) is 32.6 Å². The maximum Gasteiger partial charge on any atom is 0.255 e. The van der Waals surface area contributed by atoms with Crippen LogP contribution >= 0.6 is 0 Å². The molecule has 1 saturated heterocycles. The highest BCUT2D eigenvalue weighted by molar-refractivity contribution is 6.08. The molecule has 2 amide bonds. The molecule has 164 valence electrons. The van der Waals surface area contributed by atoms with Crippen molar-refractivity contribution in [2.75, 3.05) is 39.7 Å². The molecule has 1 N–H and O–H groups in total. The largest absolute Gasteiger partial charge is 0.493 e. The Kier molecular flexibility index (Phi) is 7.18. The first-order valence-electron chi connectivity index (χ1n) is 10.2. The van der Waals surface area contributed by atoms with Gasteiger partial charge in [-0.05, 0) is 55.2 Å². The minimum absolute atomic E-state index is 0.0508. The average molecular weight is 424 g/mol. The topological polar surface area (TPSA) is 77.1 Å². The Morgan fingerprint density at radius 2 is 1.65 bits per heavy atom. The summed E-state index contributed by atoms with van der Waals surface area (Å²) in [6, 6.07) is 8.97. The number of methoxy groups -OCH3 is 3. The van der Waals surface area contributed by atoms with E-state index in [1.54, 1.807) is 24.3 Å². The van der Waals surface area contributed by atoms with Gasteiger partial charge in [0.25, 0.3) is 5.91 Å². The molecule has 1 aliphatic heterocycles. The molecule has 0 unspecified atom stereocenters. The number of benzene rings is 2. The number of amides is 2. The maximum atomic E-state index is 12.9. The van der Waals surface area contributed by atoms with Crippen LogP contribution in [0.25, 0.3) is 6.08 Å². The molecule has 3 rings (SSSR count). The zero-order chi connectivity index (χ0) is 22.4. The van der Waals surface area contributed by atoms with Crippen LogP contribution in [0.15, 0.2) is 36.4 Å². The number of para-hydroxylation sites is 1. The molecule has 1 aliphatic rings. The van der Waals surface area contributed by atoms with Crippen LogP contribution in [0.1, 0.15) is 34.3 Å². The van der Waals surface area contributed by atoms with E-state index in [0.717, 1.165) is 31.5 Å². The number of hydrogen-bond acceptors (Lipinski definition) is 5. The summed E-state index contributed by atoms with van der Waals surface area (Å²) < 4.78 is 16.0. The van der Waals surface area contributed by atoms with Gasteiger partial charge in [0, 0.05) is 19.2 Å². The molecular formula is C24H28N2O5. The zero-order valence-electron chi connectivity index (χ0n) is 18.4. The lowest BCUT2D eigenvalue weighted by molar-refractivity contribution is -0.111. The van der Waals surface area contributed by atoms with E-state index in [4.69, 9.17) is 14.2 Å². The Morgan fingerprint density at radius 3 is 2.23 bits per heavy atom. The predicted octanol–water partition coefficient (Wildman–Crippen LogP) is 3.91. The summed E-state index contributed by atoms with van der Waals surface area (Å²) in [7, 11) is 4.61. The molecule has 0 saturated carbocycles. The van der Waals surface area contributed by atoms with Crippen molar-refractivity contribution >= 4 is 23.6 Å². The van der Waals surface area contributed by atoms with Crippen molar-refractivity contribution in [3.8, 4) is 17.2 Å². The first-order chi connectivity index (χ1) is 15.0. The van der Waals surface area contributed by atoms with Crippen LogP contribution < -0.4 is 19.5 Å². The van der Waals surface area contributed by atoms with E-state index in [2.05, 4.69) is 5.32 Å². The van der Waals surface area contributed by atoms with Crippen LogP contribution in [-0.4, -0.2) is 51.1 Å². The molecule has 7 nitrogen and oxygen atoms in total. The summed E-state index contributed by atoms with van der Waals surface area (Å²) in [6.07, 6.45) is 5.09. The van der Waals surface area contributed by atoms with Gasteiger partial charge in [-0.2, -0.15) is 0 Å². The molecule has 0 aromatic heterocycles. The van der Waals surface area contributed by atoms with E-state index >= 15 is 0 Å². The third kappa shape index (κ3) is 4.99. The standard InChI is InChI=1S/C24H28N2O5/c1-16-8-7-9-18(24(28)26-12-5-6-13-26)22(16)25-21(27)11-10-17-14-19(29-2)23(31-4)20(15-17)30-3/h7-11,14-15H,5-6,12-13H2,1-4H3,(H,25,27)/b11-10+. The molecule has 7 heteroatoms. The minimum Gasteiger partial charge on any atom is -0.493 e. The summed E-state index contributed by atoms with van der Waals surface area (Å²) in [5.74, 6) is 1.10. The molecule has 0 bridgehead atoms. The highest BCUT2D eigenvalue weighted by Crippen LogP contribution is 2.38. The Bertz CT molecular complexity index is 968. The van der Waals surface area contributed by atoms with Gasteiger partial charge in [-0.1, -0.05) is 12.1 Å². The number of anilines is 1. The number of nitrogens with zero attached hydrogens (tertiary/aromatic N) is 1. The second kappa shape index (κ2) is 10.0. The van der Waals surface area contributed by atoms with Crippen LogP contribution in [0.5, 0.6) is 17.2 Å². The fourth-order valence-electron chi connectivity index (χ4n) is 3.64. The number of nitrogens with one attached hydrogen (secondary N) is 1. The van der Waals surface area contributed by atoms with Crippen molar-refractivity contribution < 1.29 is 23.8 Å². The lowest BCUT2D eigenvalue weighted by atomic mass is 10.1. The van der Waals surface area contributed by atoms with Gasteiger partial charge in [-0.3, -0.25) is 9.59 Å². The van der Waals surface area contributed by atoms with E-state index in [-0.39, 0.29) is 11.8 Å². The number of ether oxygens (including phenoxy) is 3. The van der Waals surface area contributed by atoms with Crippen molar-refractivity contribution in [2.45, 2.75) is 19.8 Å². The van der Waals surface area contributed by atoms with E-state index in [1.165, 1.54) is 27.4 Å². The highest BCUT2D eigenvalue weighted by atomic mass is 16.5. The third-order valence-corrected chi connectivity index (χ3v) is 5.26. The van der Waals surface area contributed by atoms with Crippen LogP contribution in [0.4, 0.5) is 5.69 Å². The van der Waals surface area contributed by atoms with E-state index < -0.39 is 0 Å². The van der Waals surface area contributed by atoms with Crippen molar-refractivity contribution in [1.29, 1.82) is 0 Å². The minimum atomic E-state index is -0.335. The van der Waals surface area contributed by atoms with E-state index in [0.29, 0.717) is 34.1 Å². The average Bonchev–Trinajstić information content (AvgIpc) is 3.32. The Hall–Kier alpha value is -3.48. The molecule has 2 aromatic carbocycles. The number of rotatable bonds is 7. The van der Waals surface area contributed by atoms with Gasteiger partial charge in [0.15, 0.2) is 11.5 Å². The van der Waals surface area contributed by atoms with E-state index in [9.17, 15) is 9.59 Å². The smallest absolute Gasteiger partial charge is 0.255 e. The first kappa shape index (κ1) is 22.2. The van der Waals surface area contributed by atoms with Gasteiger partial charge < -0.3 is 24.4 Å². The monoisotopic (exact) mass is 424 g/mol. The molecule has 0 radical (unpaired) electrons. The van der Waals surface area contributed by atoms with E-state index in [1.807, 2.05) is 24.0 Å². The Morgan fingerprint density at radius 1 is 1.00 bits per heavy atom. The number of aryl methyl sites for hydroxylation is 1. The third-order valence-electron chi connectivity index (χ3n) is 5.26. The van der Waals surface area contributed by atoms with Gasteiger partial charge in [0.2, 0.25) is 11.7 Å². The lowest BCUT2D eigenvalue weighted by Gasteiger charge is -2.19. The Balaban J connectivity index is 1.81. The van der Waals surface area contributed by atoms with Crippen LogP contribution in [0.2, 0.25) is 0 Å². The highest BCUT2D eigenvalue weighted by Gasteiger charge is 2.23. The number of carbonyl (C=O) groups excluding carboxylic acids is 2. The first-order valence-corrected chi connectivity index (χ1v) is 10.2. The molecule has 0 atom stereocenters. The molecule has 1 fully saturated rings. The number of carbonyl (C=O) groups is 2. The molecule has 0 aliphatic carbocycles. The van der Waals surface area contributed by atoms with Crippen molar-refractivity contribution in [2.24, 2.45) is 0 Å². The van der Waals surface area contributed by atoms with Crippen LogP contribution in [0.3, 0.4) is 0 Å². The number of hydrogen-bond donors (Lipinski definition) is 1. The van der Waals surface area contributed by atoms with Crippen LogP contribution in [0, 0.1) is 6.92 Å². The molecule has 31 heavy (non-hydrogen) atoms. The summed E-state index contributed by atoms with van der Waals surface area (Å²) in [5.41, 5.74) is 2.60. The van der Waals surface area contributed by atoms with Crippen LogP contribution in [-0.2, 0) is 4.79 Å². The van der Waals surface area contributed by atoms with Crippen molar-refractivity contribution in [1.82, 2.24) is 4.90 Å². The molecular weight excluding hydrogens is 396 g/mol. The van der Waals surface area contributed by atoms with Crippen molar-refractivity contribution in [3.05, 3.63) is 53.1 Å². The molecule has 2 aromatic rings. The second-order valence-corrected chi connectivity index (χ2v) is 7.28. The SMILES string of the molecule is COc1cc(/C=C/C(=O)Nc2c(C)cccc2C(=O)N2CCCC2)cc(OC)c1OC. The lowest BCUT2D eigenvalue weighted by Crippen LogP contribution is -2.29. The molecule has 0 spiro atoms.